The Bertz CT molecular complexity index is 415. The van der Waals surface area contributed by atoms with Crippen molar-refractivity contribution in [1.82, 2.24) is 14.9 Å². The van der Waals surface area contributed by atoms with E-state index in [1.165, 1.54) is 0 Å². The Kier molecular flexibility index (Phi) is 4.90. The molecule has 1 aromatic heterocycles. The first kappa shape index (κ1) is 14.2. The van der Waals surface area contributed by atoms with E-state index in [0.29, 0.717) is 19.4 Å². The van der Waals surface area contributed by atoms with Gasteiger partial charge in [-0.3, -0.25) is 4.79 Å². The van der Waals surface area contributed by atoms with Crippen molar-refractivity contribution < 1.29 is 4.79 Å². The molecule has 1 rings (SSSR count). The highest BCUT2D eigenvalue weighted by molar-refractivity contribution is 5.85. The number of carbonyl (C=O) groups excluding carboxylic acids is 1. The molecule has 18 heavy (non-hydrogen) atoms. The summed E-state index contributed by atoms with van der Waals surface area (Å²) in [5.41, 5.74) is -0.900. The van der Waals surface area contributed by atoms with Crippen LogP contribution in [0.4, 0.5) is 0 Å². The van der Waals surface area contributed by atoms with Crippen molar-refractivity contribution in [3.63, 3.8) is 0 Å². The quantitative estimate of drug-likeness (QED) is 0.833. The molecular formula is C13H20N4O. The summed E-state index contributed by atoms with van der Waals surface area (Å²) in [5, 5.41) is 12.1. The van der Waals surface area contributed by atoms with Crippen molar-refractivity contribution >= 4 is 5.91 Å². The predicted octanol–water partition coefficient (Wildman–Crippen LogP) is 1.72. The van der Waals surface area contributed by atoms with E-state index >= 15 is 0 Å². The van der Waals surface area contributed by atoms with E-state index in [-0.39, 0.29) is 11.9 Å². The van der Waals surface area contributed by atoms with Gasteiger partial charge < -0.3 is 9.88 Å². The fourth-order valence-electron chi connectivity index (χ4n) is 1.90. The van der Waals surface area contributed by atoms with Gasteiger partial charge in [-0.05, 0) is 19.8 Å². The highest BCUT2D eigenvalue weighted by Crippen LogP contribution is 2.25. The molecule has 0 aliphatic rings. The number of nitriles is 1. The summed E-state index contributed by atoms with van der Waals surface area (Å²) < 4.78 is 1.90. The van der Waals surface area contributed by atoms with Crippen LogP contribution in [0, 0.1) is 16.7 Å². The lowest BCUT2D eigenvalue weighted by Gasteiger charge is -2.25. The molecule has 1 amide bonds. The molecule has 1 unspecified atom stereocenters. The Hall–Kier alpha value is -1.83. The molecule has 0 aliphatic heterocycles. The van der Waals surface area contributed by atoms with Gasteiger partial charge in [0.2, 0.25) is 5.91 Å². The molecule has 0 aromatic carbocycles. The highest BCUT2D eigenvalue weighted by Gasteiger charge is 2.35. The number of imidazole rings is 1. The van der Waals surface area contributed by atoms with Crippen LogP contribution >= 0.6 is 0 Å². The molecule has 0 saturated carbocycles. The fourth-order valence-corrected chi connectivity index (χ4v) is 1.90. The number of nitrogens with one attached hydrogen (secondary N) is 1. The summed E-state index contributed by atoms with van der Waals surface area (Å²) in [4.78, 5) is 16.1. The van der Waals surface area contributed by atoms with Crippen molar-refractivity contribution in [3.05, 3.63) is 18.7 Å². The SMILES string of the molecule is CCC(C#N)(CC)C(=O)NC(C)Cn1ccnc1. The van der Waals surface area contributed by atoms with E-state index in [4.69, 9.17) is 0 Å². The first-order valence-corrected chi connectivity index (χ1v) is 6.26. The molecule has 0 aliphatic carbocycles. The molecule has 0 fully saturated rings. The van der Waals surface area contributed by atoms with Gasteiger partial charge in [0.15, 0.2) is 0 Å². The van der Waals surface area contributed by atoms with Gasteiger partial charge >= 0.3 is 0 Å². The Morgan fingerprint density at radius 2 is 2.22 bits per heavy atom. The lowest BCUT2D eigenvalue weighted by atomic mass is 9.83. The van der Waals surface area contributed by atoms with E-state index in [1.807, 2.05) is 31.5 Å². The zero-order valence-corrected chi connectivity index (χ0v) is 11.2. The number of hydrogen-bond acceptors (Lipinski definition) is 3. The maximum atomic E-state index is 12.1. The van der Waals surface area contributed by atoms with Gasteiger partial charge in [0, 0.05) is 25.0 Å². The molecule has 0 saturated heterocycles. The van der Waals surface area contributed by atoms with E-state index in [1.54, 1.807) is 12.5 Å². The second-order valence-electron chi connectivity index (χ2n) is 4.54. The van der Waals surface area contributed by atoms with Crippen molar-refractivity contribution in [2.45, 2.75) is 46.2 Å². The first-order valence-electron chi connectivity index (χ1n) is 6.26. The van der Waals surface area contributed by atoms with Crippen LogP contribution in [0.15, 0.2) is 18.7 Å². The Labute approximate surface area is 108 Å². The summed E-state index contributed by atoms with van der Waals surface area (Å²) in [5.74, 6) is -0.178. The zero-order valence-electron chi connectivity index (χ0n) is 11.2. The van der Waals surface area contributed by atoms with Crippen LogP contribution in [0.5, 0.6) is 0 Å². The van der Waals surface area contributed by atoms with E-state index in [9.17, 15) is 10.1 Å². The van der Waals surface area contributed by atoms with Crippen LogP contribution in [0.2, 0.25) is 0 Å². The molecule has 0 spiro atoms. The molecular weight excluding hydrogens is 228 g/mol. The predicted molar refractivity (Wildman–Crippen MR) is 68.5 cm³/mol. The number of amides is 1. The molecule has 0 bridgehead atoms. The van der Waals surface area contributed by atoms with Gasteiger partial charge in [0.1, 0.15) is 5.41 Å². The molecule has 5 heteroatoms. The molecule has 98 valence electrons. The van der Waals surface area contributed by atoms with E-state index in [2.05, 4.69) is 16.4 Å². The zero-order chi connectivity index (χ0) is 13.6. The number of nitrogens with zero attached hydrogens (tertiary/aromatic N) is 3. The van der Waals surface area contributed by atoms with Crippen LogP contribution in [0.3, 0.4) is 0 Å². The largest absolute Gasteiger partial charge is 0.350 e. The summed E-state index contributed by atoms with van der Waals surface area (Å²) in [6.07, 6.45) is 6.32. The average molecular weight is 248 g/mol. The smallest absolute Gasteiger partial charge is 0.240 e. The first-order chi connectivity index (χ1) is 8.57. The van der Waals surface area contributed by atoms with Gasteiger partial charge in [-0.2, -0.15) is 5.26 Å². The summed E-state index contributed by atoms with van der Waals surface area (Å²) in [7, 11) is 0. The summed E-state index contributed by atoms with van der Waals surface area (Å²) >= 11 is 0. The number of carbonyl (C=O) groups is 1. The summed E-state index contributed by atoms with van der Waals surface area (Å²) in [6.45, 7) is 6.31. The van der Waals surface area contributed by atoms with Crippen molar-refractivity contribution in [1.29, 1.82) is 5.26 Å². The van der Waals surface area contributed by atoms with Gasteiger partial charge in [-0.15, -0.1) is 0 Å². The maximum absolute atomic E-state index is 12.1. The van der Waals surface area contributed by atoms with Crippen molar-refractivity contribution in [2.75, 3.05) is 0 Å². The Balaban J connectivity index is 2.61. The van der Waals surface area contributed by atoms with Gasteiger partial charge in [-0.1, -0.05) is 13.8 Å². The minimum absolute atomic E-state index is 0.0301. The number of aromatic nitrogens is 2. The normalized spacial score (nSPS) is 12.8. The second kappa shape index (κ2) is 6.20. The third-order valence-corrected chi connectivity index (χ3v) is 3.28. The Morgan fingerprint density at radius 3 is 2.67 bits per heavy atom. The van der Waals surface area contributed by atoms with Crippen LogP contribution < -0.4 is 5.32 Å². The maximum Gasteiger partial charge on any atom is 0.240 e. The third kappa shape index (κ3) is 3.10. The van der Waals surface area contributed by atoms with Gasteiger partial charge in [0.05, 0.1) is 12.4 Å². The monoisotopic (exact) mass is 248 g/mol. The minimum atomic E-state index is -0.900. The van der Waals surface area contributed by atoms with E-state index < -0.39 is 5.41 Å². The minimum Gasteiger partial charge on any atom is -0.350 e. The van der Waals surface area contributed by atoms with Gasteiger partial charge in [0.25, 0.3) is 0 Å². The molecule has 1 heterocycles. The molecule has 0 radical (unpaired) electrons. The number of hydrogen-bond donors (Lipinski definition) is 1. The van der Waals surface area contributed by atoms with Gasteiger partial charge in [-0.25, -0.2) is 4.98 Å². The second-order valence-corrected chi connectivity index (χ2v) is 4.54. The van der Waals surface area contributed by atoms with E-state index in [0.717, 1.165) is 0 Å². The van der Waals surface area contributed by atoms with Crippen LogP contribution in [-0.4, -0.2) is 21.5 Å². The van der Waals surface area contributed by atoms with Crippen LogP contribution in [0.25, 0.3) is 0 Å². The van der Waals surface area contributed by atoms with Crippen LogP contribution in [0.1, 0.15) is 33.6 Å². The van der Waals surface area contributed by atoms with Crippen molar-refractivity contribution in [3.8, 4) is 6.07 Å². The molecule has 1 atom stereocenters. The number of rotatable bonds is 6. The molecule has 1 N–H and O–H groups in total. The summed E-state index contributed by atoms with van der Waals surface area (Å²) in [6, 6.07) is 2.12. The standard InChI is InChI=1S/C13H20N4O/c1-4-13(5-2,9-14)12(18)16-11(3)8-17-7-6-15-10-17/h6-7,10-11H,4-5,8H2,1-3H3,(H,16,18). The fraction of sp³-hybridized carbons (Fsp3) is 0.615. The highest BCUT2D eigenvalue weighted by atomic mass is 16.2. The Morgan fingerprint density at radius 1 is 1.56 bits per heavy atom. The molecule has 1 aromatic rings. The third-order valence-electron chi connectivity index (χ3n) is 3.28. The van der Waals surface area contributed by atoms with Crippen molar-refractivity contribution in [2.24, 2.45) is 5.41 Å². The lowest BCUT2D eigenvalue weighted by molar-refractivity contribution is -0.129. The van der Waals surface area contributed by atoms with Crippen LogP contribution in [-0.2, 0) is 11.3 Å². The lowest BCUT2D eigenvalue weighted by Crippen LogP contribution is -2.44. The molecule has 5 nitrogen and oxygen atoms in total. The average Bonchev–Trinajstić information content (AvgIpc) is 2.84. The topological polar surface area (TPSA) is 70.7 Å².